The van der Waals surface area contributed by atoms with Gasteiger partial charge in [0.25, 0.3) is 0 Å². The predicted molar refractivity (Wildman–Crippen MR) is 144 cm³/mol. The van der Waals surface area contributed by atoms with E-state index in [4.69, 9.17) is 4.74 Å². The summed E-state index contributed by atoms with van der Waals surface area (Å²) in [6.07, 6.45) is 9.55. The molecule has 0 spiro atoms. The molecule has 5 aliphatic rings. The van der Waals surface area contributed by atoms with Gasteiger partial charge in [0.05, 0.1) is 5.56 Å². The minimum Gasteiger partial charge on any atom is -1.00 e. The van der Waals surface area contributed by atoms with E-state index in [0.717, 1.165) is 28.8 Å². The van der Waals surface area contributed by atoms with Crippen molar-refractivity contribution in [1.82, 2.24) is 4.58 Å². The monoisotopic (exact) mass is 560 g/mol. The SMILES string of the molecule is Brc1ccc(C2=c3cc4c5c(c3Oc3c2cc2c6c3CCCN6CCC2)CCC[N+]=5CCC4)cc1.[Cl-]. The molecule has 0 saturated heterocycles. The molecule has 0 fully saturated rings. The minimum atomic E-state index is 0. The molecule has 0 saturated carbocycles. The van der Waals surface area contributed by atoms with Crippen molar-refractivity contribution in [1.29, 1.82) is 0 Å². The predicted octanol–water partition coefficient (Wildman–Crippen LogP) is 1.89. The lowest BCUT2D eigenvalue weighted by Gasteiger charge is -2.39. The van der Waals surface area contributed by atoms with Crippen LogP contribution >= 0.6 is 15.9 Å². The quantitative estimate of drug-likeness (QED) is 0.330. The second-order valence-electron chi connectivity index (χ2n) is 10.9. The first-order chi connectivity index (χ1) is 17.3. The third kappa shape index (κ3) is 3.26. The van der Waals surface area contributed by atoms with Gasteiger partial charge < -0.3 is 22.0 Å². The lowest BCUT2D eigenvalue weighted by atomic mass is 9.83. The van der Waals surface area contributed by atoms with Gasteiger partial charge in [0.15, 0.2) is 0 Å². The Labute approximate surface area is 227 Å². The normalized spacial score (nSPS) is 18.9. The molecular weight excluding hydrogens is 532 g/mol. The topological polar surface area (TPSA) is 15.5 Å². The number of aryl methyl sites for hydroxylation is 2. The molecule has 0 radical (unpaired) electrons. The average molecular weight is 562 g/mol. The van der Waals surface area contributed by atoms with Crippen LogP contribution in [0.5, 0.6) is 11.5 Å². The highest BCUT2D eigenvalue weighted by atomic mass is 79.9. The molecule has 0 amide bonds. The van der Waals surface area contributed by atoms with E-state index in [0.29, 0.717) is 0 Å². The zero-order chi connectivity index (χ0) is 23.1. The summed E-state index contributed by atoms with van der Waals surface area (Å²) in [5.41, 5.74) is 11.4. The summed E-state index contributed by atoms with van der Waals surface area (Å²) in [7, 11) is 0. The van der Waals surface area contributed by atoms with Crippen LogP contribution in [0.2, 0.25) is 0 Å². The first kappa shape index (κ1) is 22.9. The molecule has 184 valence electrons. The number of hydrogen-bond donors (Lipinski definition) is 0. The Morgan fingerprint density at radius 3 is 2.33 bits per heavy atom. The van der Waals surface area contributed by atoms with Crippen molar-refractivity contribution in [3.63, 3.8) is 0 Å². The van der Waals surface area contributed by atoms with Gasteiger partial charge in [0.2, 0.25) is 5.36 Å². The van der Waals surface area contributed by atoms with Crippen LogP contribution < -0.4 is 37.2 Å². The second-order valence-corrected chi connectivity index (χ2v) is 11.8. The fourth-order valence-corrected chi connectivity index (χ4v) is 7.71. The molecule has 3 aromatic rings. The largest absolute Gasteiger partial charge is 1.00 e. The maximum Gasteiger partial charge on any atom is 0.210 e. The molecule has 5 heteroatoms. The van der Waals surface area contributed by atoms with Crippen LogP contribution in [0.15, 0.2) is 40.9 Å². The Kier molecular flexibility index (Phi) is 5.48. The summed E-state index contributed by atoms with van der Waals surface area (Å²) in [6.45, 7) is 4.75. The Hall–Kier alpha value is -2.30. The molecule has 0 aliphatic carbocycles. The van der Waals surface area contributed by atoms with Gasteiger partial charge in [-0.05, 0) is 73.9 Å². The summed E-state index contributed by atoms with van der Waals surface area (Å²) in [5, 5.41) is 2.81. The molecule has 5 aliphatic heterocycles. The fraction of sp³-hybridized carbons (Fsp3) is 0.387. The lowest BCUT2D eigenvalue weighted by Crippen LogP contribution is -3.00. The lowest BCUT2D eigenvalue weighted by molar-refractivity contribution is -0.00000711. The third-order valence-corrected chi connectivity index (χ3v) is 9.35. The van der Waals surface area contributed by atoms with Crippen molar-refractivity contribution in [2.24, 2.45) is 0 Å². The maximum absolute atomic E-state index is 7.11. The first-order valence-corrected chi connectivity index (χ1v) is 14.2. The second kappa shape index (κ2) is 8.63. The van der Waals surface area contributed by atoms with Gasteiger partial charge in [-0.15, -0.1) is 0 Å². The van der Waals surface area contributed by atoms with Crippen LogP contribution in [0.1, 0.15) is 59.1 Å². The van der Waals surface area contributed by atoms with E-state index >= 15 is 0 Å². The van der Waals surface area contributed by atoms with Crippen LogP contribution in [0.4, 0.5) is 5.69 Å². The number of halogens is 2. The van der Waals surface area contributed by atoms with Crippen LogP contribution in [-0.2, 0) is 25.7 Å². The molecule has 8 rings (SSSR count). The molecule has 36 heavy (non-hydrogen) atoms. The maximum atomic E-state index is 7.11. The summed E-state index contributed by atoms with van der Waals surface area (Å²) in [6, 6.07) is 13.9. The number of fused-ring (bicyclic) bond motifs is 4. The zero-order valence-electron chi connectivity index (χ0n) is 20.5. The van der Waals surface area contributed by atoms with E-state index in [9.17, 15) is 0 Å². The van der Waals surface area contributed by atoms with E-state index in [1.54, 1.807) is 0 Å². The smallest absolute Gasteiger partial charge is 0.210 e. The standard InChI is InChI=1S/C31H30BrN2O.ClH/c32-22-11-9-19(10-12-22)27-25-17-20-5-1-13-33-15-3-7-23(28(20)33)30(25)35-31-24-8-4-16-34-14-2-6-21(29(24)34)18-26(27)31;/h9-12,17-18H,1-8,13-16H2;1H/q+1;/p-1. The summed E-state index contributed by atoms with van der Waals surface area (Å²) < 4.78 is 10.9. The highest BCUT2D eigenvalue weighted by Gasteiger charge is 2.35. The Bertz CT molecular complexity index is 1540. The molecule has 5 heterocycles. The van der Waals surface area contributed by atoms with Crippen molar-refractivity contribution in [3.05, 3.63) is 84.8 Å². The molecule has 0 bridgehead atoms. The Morgan fingerprint density at radius 1 is 0.778 bits per heavy atom. The van der Waals surface area contributed by atoms with Gasteiger partial charge in [-0.1, -0.05) is 28.1 Å². The fourth-order valence-electron chi connectivity index (χ4n) is 7.44. The van der Waals surface area contributed by atoms with Gasteiger partial charge in [-0.2, -0.15) is 0 Å². The van der Waals surface area contributed by atoms with E-state index in [2.05, 4.69) is 61.8 Å². The Balaban J connectivity index is 0.00000220. The number of benzene rings is 3. The average Bonchev–Trinajstić information content (AvgIpc) is 2.89. The highest BCUT2D eigenvalue weighted by molar-refractivity contribution is 9.10. The molecule has 3 aromatic carbocycles. The van der Waals surface area contributed by atoms with E-state index in [-0.39, 0.29) is 12.4 Å². The van der Waals surface area contributed by atoms with Gasteiger partial charge >= 0.3 is 0 Å². The highest BCUT2D eigenvalue weighted by Crippen LogP contribution is 2.48. The zero-order valence-corrected chi connectivity index (χ0v) is 22.8. The number of rotatable bonds is 1. The van der Waals surface area contributed by atoms with Crippen molar-refractivity contribution < 1.29 is 17.1 Å². The molecule has 0 N–H and O–H groups in total. The van der Waals surface area contributed by atoms with Gasteiger partial charge in [0.1, 0.15) is 24.6 Å². The van der Waals surface area contributed by atoms with Crippen molar-refractivity contribution in [3.8, 4) is 11.5 Å². The summed E-state index contributed by atoms with van der Waals surface area (Å²) >= 11 is 3.66. The molecule has 0 unspecified atom stereocenters. The van der Waals surface area contributed by atoms with Crippen LogP contribution in [0, 0.1) is 0 Å². The number of ether oxygens (including phenoxy) is 1. The number of hydrogen-bond acceptors (Lipinski definition) is 2. The van der Waals surface area contributed by atoms with Gasteiger partial charge in [-0.3, -0.25) is 0 Å². The number of nitrogens with zero attached hydrogens (tertiary/aromatic N) is 2. The molecule has 3 nitrogen and oxygen atoms in total. The molecular formula is C31H30BrClN2O. The minimum absolute atomic E-state index is 0. The van der Waals surface area contributed by atoms with Crippen molar-refractivity contribution in [2.75, 3.05) is 31.1 Å². The summed E-state index contributed by atoms with van der Waals surface area (Å²) in [5.74, 6) is 2.29. The van der Waals surface area contributed by atoms with Crippen LogP contribution in [0.25, 0.3) is 5.57 Å². The van der Waals surface area contributed by atoms with E-state index in [1.165, 1.54) is 120 Å². The van der Waals surface area contributed by atoms with E-state index in [1.807, 2.05) is 0 Å². The van der Waals surface area contributed by atoms with Crippen LogP contribution in [-0.4, -0.2) is 26.2 Å². The summed E-state index contributed by atoms with van der Waals surface area (Å²) in [4.78, 5) is 2.63. The van der Waals surface area contributed by atoms with E-state index < -0.39 is 0 Å². The molecule has 0 atom stereocenters. The third-order valence-electron chi connectivity index (χ3n) is 8.82. The van der Waals surface area contributed by atoms with Crippen molar-refractivity contribution in [2.45, 2.75) is 51.4 Å². The van der Waals surface area contributed by atoms with Crippen LogP contribution in [0.3, 0.4) is 0 Å². The first-order valence-electron chi connectivity index (χ1n) is 13.4. The van der Waals surface area contributed by atoms with Gasteiger partial charge in [-0.25, -0.2) is 4.58 Å². The Morgan fingerprint density at radius 2 is 1.50 bits per heavy atom. The van der Waals surface area contributed by atoms with Gasteiger partial charge in [0, 0.05) is 63.6 Å². The van der Waals surface area contributed by atoms with Crippen molar-refractivity contribution >= 4 is 27.2 Å². The number of anilines is 1. The molecule has 0 aromatic heterocycles.